The summed E-state index contributed by atoms with van der Waals surface area (Å²) in [6.07, 6.45) is 12.9. The maximum absolute atomic E-state index is 3.98. The van der Waals surface area contributed by atoms with E-state index < -0.39 is 0 Å². The molecule has 2 aliphatic rings. The summed E-state index contributed by atoms with van der Waals surface area (Å²) in [7, 11) is 0. The highest BCUT2D eigenvalue weighted by Gasteiger charge is 2.27. The number of rotatable bonds is 3. The molecule has 16 heavy (non-hydrogen) atoms. The molecule has 2 rings (SSSR count). The number of hydrogen-bond acceptors (Lipinski definition) is 1. The van der Waals surface area contributed by atoms with Gasteiger partial charge in [0.1, 0.15) is 0 Å². The van der Waals surface area contributed by atoms with Crippen LogP contribution in [-0.2, 0) is 0 Å². The van der Waals surface area contributed by atoms with Crippen molar-refractivity contribution in [2.75, 3.05) is 0 Å². The second kappa shape index (κ2) is 6.05. The van der Waals surface area contributed by atoms with E-state index in [0.717, 1.165) is 23.9 Å². The quantitative estimate of drug-likeness (QED) is 0.759. The third-order valence-electron chi connectivity index (χ3n) is 4.90. The van der Waals surface area contributed by atoms with Gasteiger partial charge in [0.05, 0.1) is 0 Å². The van der Waals surface area contributed by atoms with E-state index >= 15 is 0 Å². The summed E-state index contributed by atoms with van der Waals surface area (Å²) < 4.78 is 0. The van der Waals surface area contributed by atoms with Gasteiger partial charge >= 0.3 is 0 Å². The maximum atomic E-state index is 3.98. The average molecular weight is 223 g/mol. The normalized spacial score (nSPS) is 40.9. The molecule has 0 spiro atoms. The van der Waals surface area contributed by atoms with Gasteiger partial charge in [-0.15, -0.1) is 0 Å². The minimum Gasteiger partial charge on any atom is -0.311 e. The Kier molecular flexibility index (Phi) is 4.69. The fraction of sp³-hybridized carbons (Fsp3) is 1.00. The van der Waals surface area contributed by atoms with Crippen molar-refractivity contribution in [3.63, 3.8) is 0 Å². The fourth-order valence-corrected chi connectivity index (χ4v) is 3.65. The van der Waals surface area contributed by atoms with Gasteiger partial charge in [-0.3, -0.25) is 0 Å². The standard InChI is InChI=1S/C15H29N/c1-3-13-6-4-5-7-15(13)16-14-10-8-12(2)9-11-14/h12-16H,3-11H2,1-2H3. The Hall–Kier alpha value is -0.0400. The van der Waals surface area contributed by atoms with Gasteiger partial charge < -0.3 is 5.32 Å². The molecule has 0 aromatic carbocycles. The lowest BCUT2D eigenvalue weighted by Crippen LogP contribution is -2.45. The lowest BCUT2D eigenvalue weighted by atomic mass is 9.81. The Bertz CT molecular complexity index is 194. The summed E-state index contributed by atoms with van der Waals surface area (Å²) in [5.74, 6) is 1.94. The molecule has 0 amide bonds. The molecule has 2 saturated carbocycles. The Morgan fingerprint density at radius 1 is 0.938 bits per heavy atom. The van der Waals surface area contributed by atoms with E-state index in [9.17, 15) is 0 Å². The summed E-state index contributed by atoms with van der Waals surface area (Å²) in [4.78, 5) is 0. The molecule has 0 saturated heterocycles. The predicted molar refractivity (Wildman–Crippen MR) is 70.6 cm³/mol. The lowest BCUT2D eigenvalue weighted by molar-refractivity contribution is 0.206. The highest BCUT2D eigenvalue weighted by Crippen LogP contribution is 2.30. The monoisotopic (exact) mass is 223 g/mol. The molecule has 1 heteroatoms. The zero-order chi connectivity index (χ0) is 11.4. The second-order valence-electron chi connectivity index (χ2n) is 6.18. The molecule has 0 aliphatic heterocycles. The summed E-state index contributed by atoms with van der Waals surface area (Å²) in [6, 6.07) is 1.69. The van der Waals surface area contributed by atoms with Crippen LogP contribution < -0.4 is 5.32 Å². The maximum Gasteiger partial charge on any atom is 0.00978 e. The van der Waals surface area contributed by atoms with Crippen LogP contribution in [0.25, 0.3) is 0 Å². The molecule has 2 atom stereocenters. The van der Waals surface area contributed by atoms with Crippen LogP contribution in [0.2, 0.25) is 0 Å². The molecule has 1 N–H and O–H groups in total. The first kappa shape index (κ1) is 12.4. The van der Waals surface area contributed by atoms with E-state index in [2.05, 4.69) is 19.2 Å². The Balaban J connectivity index is 1.78. The van der Waals surface area contributed by atoms with Crippen molar-refractivity contribution in [3.8, 4) is 0 Å². The first-order valence-electron chi connectivity index (χ1n) is 7.55. The van der Waals surface area contributed by atoms with Crippen LogP contribution in [-0.4, -0.2) is 12.1 Å². The Morgan fingerprint density at radius 2 is 1.62 bits per heavy atom. The van der Waals surface area contributed by atoms with E-state index in [1.807, 2.05) is 0 Å². The zero-order valence-corrected chi connectivity index (χ0v) is 11.2. The zero-order valence-electron chi connectivity index (χ0n) is 11.2. The van der Waals surface area contributed by atoms with E-state index in [4.69, 9.17) is 0 Å². The fourth-order valence-electron chi connectivity index (χ4n) is 3.65. The summed E-state index contributed by atoms with van der Waals surface area (Å²) in [5, 5.41) is 3.98. The van der Waals surface area contributed by atoms with Crippen molar-refractivity contribution >= 4 is 0 Å². The molecule has 2 aliphatic carbocycles. The molecule has 0 bridgehead atoms. The van der Waals surface area contributed by atoms with Crippen LogP contribution in [0.5, 0.6) is 0 Å². The van der Waals surface area contributed by atoms with Crippen LogP contribution in [0.4, 0.5) is 0 Å². The smallest absolute Gasteiger partial charge is 0.00978 e. The summed E-state index contributed by atoms with van der Waals surface area (Å²) >= 11 is 0. The van der Waals surface area contributed by atoms with Gasteiger partial charge in [-0.25, -0.2) is 0 Å². The average Bonchev–Trinajstić information content (AvgIpc) is 2.33. The van der Waals surface area contributed by atoms with Gasteiger partial charge in [-0.1, -0.05) is 33.1 Å². The molecule has 94 valence electrons. The van der Waals surface area contributed by atoms with Gasteiger partial charge in [0.2, 0.25) is 0 Å². The van der Waals surface area contributed by atoms with Crippen molar-refractivity contribution in [2.24, 2.45) is 11.8 Å². The van der Waals surface area contributed by atoms with Crippen LogP contribution in [0, 0.1) is 11.8 Å². The molecule has 2 unspecified atom stereocenters. The molecule has 2 fully saturated rings. The third kappa shape index (κ3) is 3.23. The van der Waals surface area contributed by atoms with Gasteiger partial charge in [0.25, 0.3) is 0 Å². The van der Waals surface area contributed by atoms with Gasteiger partial charge in [0, 0.05) is 12.1 Å². The predicted octanol–water partition coefficient (Wildman–Crippen LogP) is 4.12. The first-order valence-corrected chi connectivity index (χ1v) is 7.55. The van der Waals surface area contributed by atoms with Crippen molar-refractivity contribution in [3.05, 3.63) is 0 Å². The van der Waals surface area contributed by atoms with Crippen molar-refractivity contribution in [1.29, 1.82) is 0 Å². The van der Waals surface area contributed by atoms with Crippen LogP contribution in [0.15, 0.2) is 0 Å². The highest BCUT2D eigenvalue weighted by molar-refractivity contribution is 4.85. The summed E-state index contributed by atoms with van der Waals surface area (Å²) in [5.41, 5.74) is 0. The Labute approximate surface area is 101 Å². The molecule has 0 heterocycles. The molecule has 0 aromatic rings. The van der Waals surface area contributed by atoms with E-state index in [1.54, 1.807) is 0 Å². The van der Waals surface area contributed by atoms with Gasteiger partial charge in [-0.05, 0) is 50.4 Å². The minimum absolute atomic E-state index is 0.841. The van der Waals surface area contributed by atoms with Gasteiger partial charge in [0.15, 0.2) is 0 Å². The van der Waals surface area contributed by atoms with Crippen molar-refractivity contribution in [2.45, 2.75) is 83.7 Å². The molecule has 1 nitrogen and oxygen atoms in total. The number of nitrogens with one attached hydrogen (secondary N) is 1. The number of hydrogen-bond donors (Lipinski definition) is 1. The topological polar surface area (TPSA) is 12.0 Å². The van der Waals surface area contributed by atoms with Crippen molar-refractivity contribution < 1.29 is 0 Å². The van der Waals surface area contributed by atoms with Crippen molar-refractivity contribution in [1.82, 2.24) is 5.32 Å². The second-order valence-corrected chi connectivity index (χ2v) is 6.18. The van der Waals surface area contributed by atoms with Crippen LogP contribution >= 0.6 is 0 Å². The highest BCUT2D eigenvalue weighted by atomic mass is 15.0. The van der Waals surface area contributed by atoms with E-state index in [0.29, 0.717) is 0 Å². The summed E-state index contributed by atoms with van der Waals surface area (Å²) in [6.45, 7) is 4.78. The lowest BCUT2D eigenvalue weighted by Gasteiger charge is -2.37. The van der Waals surface area contributed by atoms with E-state index in [1.165, 1.54) is 57.8 Å². The van der Waals surface area contributed by atoms with Gasteiger partial charge in [-0.2, -0.15) is 0 Å². The van der Waals surface area contributed by atoms with Crippen LogP contribution in [0.3, 0.4) is 0 Å². The van der Waals surface area contributed by atoms with Crippen LogP contribution in [0.1, 0.15) is 71.6 Å². The molecule has 0 aromatic heterocycles. The molecular weight excluding hydrogens is 194 g/mol. The Morgan fingerprint density at radius 3 is 2.31 bits per heavy atom. The largest absolute Gasteiger partial charge is 0.311 e. The first-order chi connectivity index (χ1) is 7.79. The minimum atomic E-state index is 0.841. The third-order valence-corrected chi connectivity index (χ3v) is 4.90. The molecular formula is C15H29N. The molecule has 0 radical (unpaired) electrons. The van der Waals surface area contributed by atoms with E-state index in [-0.39, 0.29) is 0 Å². The SMILES string of the molecule is CCC1CCCCC1NC1CCC(C)CC1.